The molecule has 2 nitrogen and oxygen atoms in total. The quantitative estimate of drug-likeness (QED) is 0.615. The van der Waals surface area contributed by atoms with Gasteiger partial charge in [0, 0.05) is 17.1 Å². The van der Waals surface area contributed by atoms with E-state index in [-0.39, 0.29) is 11.4 Å². The van der Waals surface area contributed by atoms with Crippen molar-refractivity contribution in [1.29, 1.82) is 0 Å². The maximum Gasteiger partial charge on any atom is 0.0683 e. The van der Waals surface area contributed by atoms with Crippen LogP contribution in [0.2, 0.25) is 0 Å². The Kier molecular flexibility index (Phi) is 2.86. The second-order valence-corrected chi connectivity index (χ2v) is 4.49. The highest BCUT2D eigenvalue weighted by molar-refractivity contribution is 7.84. The summed E-state index contributed by atoms with van der Waals surface area (Å²) in [4.78, 5) is 0. The first-order valence-electron chi connectivity index (χ1n) is 3.72. The topological polar surface area (TPSA) is 37.3 Å². The van der Waals surface area contributed by atoms with Crippen LogP contribution in [-0.4, -0.2) is 26.9 Å². The molecular weight excluding hydrogens is 148 g/mol. The number of aliphatic hydroxyl groups is 1. The van der Waals surface area contributed by atoms with Crippen LogP contribution in [0.1, 0.15) is 25.7 Å². The molecule has 0 amide bonds. The maximum atomic E-state index is 11.0. The third kappa shape index (κ3) is 1.80. The van der Waals surface area contributed by atoms with E-state index in [0.717, 1.165) is 25.7 Å². The minimum absolute atomic E-state index is 0.0498. The van der Waals surface area contributed by atoms with Gasteiger partial charge in [-0.3, -0.25) is 4.21 Å². The monoisotopic (exact) mass is 162 g/mol. The average molecular weight is 162 g/mol. The highest BCUT2D eigenvalue weighted by atomic mass is 32.2. The Morgan fingerprint density at radius 1 is 1.40 bits per heavy atom. The van der Waals surface area contributed by atoms with Gasteiger partial charge < -0.3 is 5.11 Å². The molecule has 0 radical (unpaired) electrons. The molecule has 1 fully saturated rings. The smallest absolute Gasteiger partial charge is 0.0683 e. The van der Waals surface area contributed by atoms with Gasteiger partial charge in [-0.15, -0.1) is 0 Å². The van der Waals surface area contributed by atoms with Crippen LogP contribution < -0.4 is 0 Å². The van der Waals surface area contributed by atoms with E-state index in [0.29, 0.717) is 0 Å². The minimum atomic E-state index is -0.832. The molecule has 0 heterocycles. The molecule has 1 aliphatic rings. The Morgan fingerprint density at radius 2 is 2.00 bits per heavy atom. The van der Waals surface area contributed by atoms with Crippen LogP contribution in [0.15, 0.2) is 0 Å². The average Bonchev–Trinajstić information content (AvgIpc) is 1.88. The first kappa shape index (κ1) is 8.21. The van der Waals surface area contributed by atoms with Gasteiger partial charge in [-0.05, 0) is 12.8 Å². The number of hydrogen-bond donors (Lipinski definition) is 1. The van der Waals surface area contributed by atoms with Crippen molar-refractivity contribution in [3.8, 4) is 0 Å². The molecule has 3 heteroatoms. The minimum Gasteiger partial charge on any atom is -0.392 e. The summed E-state index contributed by atoms with van der Waals surface area (Å²) in [5.41, 5.74) is 0. The number of hydrogen-bond acceptors (Lipinski definition) is 2. The zero-order valence-electron chi connectivity index (χ0n) is 6.25. The molecule has 0 aromatic heterocycles. The van der Waals surface area contributed by atoms with Gasteiger partial charge in [-0.25, -0.2) is 0 Å². The van der Waals surface area contributed by atoms with Crippen molar-refractivity contribution < 1.29 is 9.32 Å². The molecule has 1 saturated carbocycles. The Bertz CT molecular complexity index is 136. The van der Waals surface area contributed by atoms with E-state index in [1.165, 1.54) is 0 Å². The van der Waals surface area contributed by atoms with E-state index in [9.17, 15) is 9.32 Å². The van der Waals surface area contributed by atoms with Crippen molar-refractivity contribution in [2.45, 2.75) is 37.0 Å². The summed E-state index contributed by atoms with van der Waals surface area (Å²) in [5, 5.41) is 9.40. The van der Waals surface area contributed by atoms with E-state index in [1.807, 2.05) is 0 Å². The number of rotatable bonds is 1. The lowest BCUT2D eigenvalue weighted by Crippen LogP contribution is -2.32. The van der Waals surface area contributed by atoms with Crippen LogP contribution in [0, 0.1) is 0 Å². The molecule has 1 N–H and O–H groups in total. The van der Waals surface area contributed by atoms with Crippen molar-refractivity contribution in [3.63, 3.8) is 0 Å². The van der Waals surface area contributed by atoms with Gasteiger partial charge >= 0.3 is 0 Å². The molecule has 10 heavy (non-hydrogen) atoms. The highest BCUT2D eigenvalue weighted by Crippen LogP contribution is 2.21. The molecule has 0 spiro atoms. The summed E-state index contributed by atoms with van der Waals surface area (Å²) in [6.07, 6.45) is 5.36. The van der Waals surface area contributed by atoms with Gasteiger partial charge in [0.05, 0.1) is 11.4 Å². The lowest BCUT2D eigenvalue weighted by Gasteiger charge is -2.25. The Balaban J connectivity index is 2.47. The first-order chi connectivity index (χ1) is 4.72. The first-order valence-corrected chi connectivity index (χ1v) is 5.34. The summed E-state index contributed by atoms with van der Waals surface area (Å²) >= 11 is 0. The zero-order chi connectivity index (χ0) is 7.56. The lowest BCUT2D eigenvalue weighted by atomic mass is 9.97. The summed E-state index contributed by atoms with van der Waals surface area (Å²) in [5.74, 6) is 0. The van der Waals surface area contributed by atoms with Crippen LogP contribution in [0.25, 0.3) is 0 Å². The van der Waals surface area contributed by atoms with E-state index in [4.69, 9.17) is 0 Å². The fourth-order valence-corrected chi connectivity index (χ4v) is 2.54. The van der Waals surface area contributed by atoms with Crippen LogP contribution >= 0.6 is 0 Å². The second kappa shape index (κ2) is 3.49. The SMILES string of the molecule is C[S@@](=O)[C@H]1CCCCC1O. The van der Waals surface area contributed by atoms with Crippen LogP contribution in [0.3, 0.4) is 0 Å². The van der Waals surface area contributed by atoms with Gasteiger partial charge in [0.1, 0.15) is 0 Å². The molecule has 3 atom stereocenters. The summed E-state index contributed by atoms with van der Waals surface area (Å²) < 4.78 is 11.0. The molecule has 0 aromatic rings. The van der Waals surface area contributed by atoms with E-state index in [2.05, 4.69) is 0 Å². The molecule has 0 aliphatic heterocycles. The zero-order valence-corrected chi connectivity index (χ0v) is 7.06. The Hall–Kier alpha value is 0.110. The van der Waals surface area contributed by atoms with Crippen LogP contribution in [0.4, 0.5) is 0 Å². The van der Waals surface area contributed by atoms with Crippen molar-refractivity contribution in [2.75, 3.05) is 6.26 Å². The van der Waals surface area contributed by atoms with Gasteiger partial charge in [-0.1, -0.05) is 12.8 Å². The summed E-state index contributed by atoms with van der Waals surface area (Å²) in [6.45, 7) is 0. The van der Waals surface area contributed by atoms with Crippen molar-refractivity contribution in [2.24, 2.45) is 0 Å². The molecular formula is C7H14O2S. The van der Waals surface area contributed by atoms with Gasteiger partial charge in [0.25, 0.3) is 0 Å². The number of aliphatic hydroxyl groups excluding tert-OH is 1. The Morgan fingerprint density at radius 3 is 2.40 bits per heavy atom. The van der Waals surface area contributed by atoms with Gasteiger partial charge in [0.15, 0.2) is 0 Å². The normalized spacial score (nSPS) is 37.4. The largest absolute Gasteiger partial charge is 0.392 e. The van der Waals surface area contributed by atoms with E-state index >= 15 is 0 Å². The molecule has 0 saturated heterocycles. The molecule has 1 unspecified atom stereocenters. The van der Waals surface area contributed by atoms with Crippen LogP contribution in [0.5, 0.6) is 0 Å². The fraction of sp³-hybridized carbons (Fsp3) is 1.00. The highest BCUT2D eigenvalue weighted by Gasteiger charge is 2.25. The molecule has 1 rings (SSSR count). The van der Waals surface area contributed by atoms with Crippen molar-refractivity contribution in [1.82, 2.24) is 0 Å². The fourth-order valence-electron chi connectivity index (χ4n) is 1.46. The van der Waals surface area contributed by atoms with Crippen LogP contribution in [-0.2, 0) is 10.8 Å². The van der Waals surface area contributed by atoms with Crippen molar-refractivity contribution in [3.05, 3.63) is 0 Å². The van der Waals surface area contributed by atoms with E-state index < -0.39 is 10.8 Å². The molecule has 0 bridgehead atoms. The standard InChI is InChI=1S/C7H14O2S/c1-10(9)7-5-3-2-4-6(7)8/h6-8H,2-5H2,1H3/t6?,7-,10+/m0/s1. The summed E-state index contributed by atoms with van der Waals surface area (Å²) in [7, 11) is -0.832. The van der Waals surface area contributed by atoms with Gasteiger partial charge in [-0.2, -0.15) is 0 Å². The maximum absolute atomic E-state index is 11.0. The van der Waals surface area contributed by atoms with E-state index in [1.54, 1.807) is 6.26 Å². The van der Waals surface area contributed by atoms with Gasteiger partial charge in [0.2, 0.25) is 0 Å². The predicted molar refractivity (Wildman–Crippen MR) is 42.3 cm³/mol. The Labute approximate surface area is 64.1 Å². The predicted octanol–water partition coefficient (Wildman–Crippen LogP) is 0.668. The third-order valence-corrected chi connectivity index (χ3v) is 3.50. The third-order valence-electron chi connectivity index (χ3n) is 2.09. The summed E-state index contributed by atoms with van der Waals surface area (Å²) in [6, 6.07) is 0. The van der Waals surface area contributed by atoms with Crippen molar-refractivity contribution >= 4 is 10.8 Å². The molecule has 1 aliphatic carbocycles. The lowest BCUT2D eigenvalue weighted by molar-refractivity contribution is 0.135. The second-order valence-electron chi connectivity index (χ2n) is 2.89. The molecule has 60 valence electrons. The molecule has 0 aromatic carbocycles.